The molecule has 2 heteroatoms. The van der Waals surface area contributed by atoms with Crippen LogP contribution < -0.4 is 0 Å². The lowest BCUT2D eigenvalue weighted by Gasteiger charge is -2.07. The summed E-state index contributed by atoms with van der Waals surface area (Å²) in [6, 6.07) is 5.66. The minimum atomic E-state index is -0.826. The van der Waals surface area contributed by atoms with Gasteiger partial charge in [0.1, 0.15) is 0 Å². The van der Waals surface area contributed by atoms with Crippen LogP contribution in [0.5, 0.6) is 0 Å². The number of benzene rings is 1. The lowest BCUT2D eigenvalue weighted by atomic mass is 9.98. The highest BCUT2D eigenvalue weighted by Gasteiger charge is 2.11. The molecule has 1 aromatic rings. The summed E-state index contributed by atoms with van der Waals surface area (Å²) in [6.07, 6.45) is 6.93. The zero-order valence-corrected chi connectivity index (χ0v) is 9.86. The Morgan fingerprint density at radius 1 is 1.38 bits per heavy atom. The predicted octanol–water partition coefficient (Wildman–Crippen LogP) is 3.59. The summed E-state index contributed by atoms with van der Waals surface area (Å²) in [5.41, 5.74) is 2.23. The molecular weight excluding hydrogens is 200 g/mol. The van der Waals surface area contributed by atoms with Crippen LogP contribution in [0.25, 0.3) is 0 Å². The number of aryl methyl sites for hydroxylation is 2. The molecule has 86 valence electrons. The topological polar surface area (TPSA) is 37.3 Å². The van der Waals surface area contributed by atoms with E-state index in [2.05, 4.69) is 19.1 Å². The van der Waals surface area contributed by atoms with Crippen LogP contribution in [0.2, 0.25) is 0 Å². The number of rotatable bonds is 5. The Hall–Kier alpha value is -1.57. The third-order valence-electron chi connectivity index (χ3n) is 2.56. The molecule has 0 amide bonds. The number of carboxylic acids is 1. The van der Waals surface area contributed by atoms with Gasteiger partial charge in [-0.2, -0.15) is 0 Å². The van der Waals surface area contributed by atoms with Gasteiger partial charge in [0.2, 0.25) is 0 Å². The molecule has 0 unspecified atom stereocenters. The third-order valence-corrected chi connectivity index (χ3v) is 2.56. The molecule has 0 bridgehead atoms. The first-order valence-electron chi connectivity index (χ1n) is 5.63. The standard InChI is InChI=1S/C14H18O2/c1-3-4-5-6-9-12-10-7-8-11(2)13(12)14(15)16/h4-5,7-8,10H,3,6,9H2,1-2H3,(H,15,16)/b5-4-. The molecule has 1 aromatic carbocycles. The molecule has 0 aromatic heterocycles. The molecular formula is C14H18O2. The molecule has 0 atom stereocenters. The number of carboxylic acid groups (broad SMARTS) is 1. The van der Waals surface area contributed by atoms with E-state index in [0.717, 1.165) is 30.4 Å². The van der Waals surface area contributed by atoms with Gasteiger partial charge in [-0.3, -0.25) is 0 Å². The van der Waals surface area contributed by atoms with Gasteiger partial charge >= 0.3 is 5.97 Å². The van der Waals surface area contributed by atoms with Crippen LogP contribution in [-0.4, -0.2) is 11.1 Å². The second-order valence-electron chi connectivity index (χ2n) is 3.83. The Morgan fingerprint density at radius 3 is 2.75 bits per heavy atom. The van der Waals surface area contributed by atoms with Crippen molar-refractivity contribution in [1.82, 2.24) is 0 Å². The highest BCUT2D eigenvalue weighted by Crippen LogP contribution is 2.16. The first kappa shape index (κ1) is 12.5. The fraction of sp³-hybridized carbons (Fsp3) is 0.357. The van der Waals surface area contributed by atoms with Crippen molar-refractivity contribution in [2.45, 2.75) is 33.1 Å². The maximum atomic E-state index is 11.1. The van der Waals surface area contributed by atoms with Gasteiger partial charge in [0.25, 0.3) is 0 Å². The highest BCUT2D eigenvalue weighted by atomic mass is 16.4. The summed E-state index contributed by atoms with van der Waals surface area (Å²) in [5.74, 6) is -0.826. The second kappa shape index (κ2) is 6.11. The normalized spacial score (nSPS) is 10.9. The van der Waals surface area contributed by atoms with E-state index < -0.39 is 5.97 Å². The monoisotopic (exact) mass is 218 g/mol. The maximum Gasteiger partial charge on any atom is 0.336 e. The van der Waals surface area contributed by atoms with Crippen LogP contribution in [0.3, 0.4) is 0 Å². The van der Waals surface area contributed by atoms with Crippen LogP contribution >= 0.6 is 0 Å². The number of hydrogen-bond acceptors (Lipinski definition) is 1. The summed E-state index contributed by atoms with van der Waals surface area (Å²) < 4.78 is 0. The first-order chi connectivity index (χ1) is 7.66. The second-order valence-corrected chi connectivity index (χ2v) is 3.83. The van der Waals surface area contributed by atoms with Crippen LogP contribution in [0.1, 0.15) is 41.3 Å². The van der Waals surface area contributed by atoms with Gasteiger partial charge in [0, 0.05) is 0 Å². The number of hydrogen-bond donors (Lipinski definition) is 1. The fourth-order valence-electron chi connectivity index (χ4n) is 1.77. The summed E-state index contributed by atoms with van der Waals surface area (Å²) in [4.78, 5) is 11.1. The smallest absolute Gasteiger partial charge is 0.336 e. The largest absolute Gasteiger partial charge is 0.478 e. The van der Waals surface area contributed by atoms with Crippen molar-refractivity contribution < 1.29 is 9.90 Å². The lowest BCUT2D eigenvalue weighted by Crippen LogP contribution is -2.05. The minimum absolute atomic E-state index is 0.465. The van der Waals surface area contributed by atoms with Gasteiger partial charge in [-0.25, -0.2) is 4.79 Å². The Labute approximate surface area is 96.6 Å². The van der Waals surface area contributed by atoms with Crippen molar-refractivity contribution in [2.75, 3.05) is 0 Å². The fourth-order valence-corrected chi connectivity index (χ4v) is 1.77. The number of carbonyl (C=O) groups is 1. The van der Waals surface area contributed by atoms with Gasteiger partial charge in [0.15, 0.2) is 0 Å². The zero-order valence-electron chi connectivity index (χ0n) is 9.86. The van der Waals surface area contributed by atoms with Crippen molar-refractivity contribution in [3.8, 4) is 0 Å². The molecule has 0 saturated heterocycles. The number of allylic oxidation sites excluding steroid dienone is 2. The predicted molar refractivity (Wildman–Crippen MR) is 65.9 cm³/mol. The van der Waals surface area contributed by atoms with Crippen LogP contribution in [-0.2, 0) is 6.42 Å². The summed E-state index contributed by atoms with van der Waals surface area (Å²) in [5, 5.41) is 9.13. The van der Waals surface area contributed by atoms with Gasteiger partial charge in [0.05, 0.1) is 5.56 Å². The minimum Gasteiger partial charge on any atom is -0.478 e. The SMILES string of the molecule is CC/C=C\CCc1cccc(C)c1C(=O)O. The van der Waals surface area contributed by atoms with Crippen LogP contribution in [0, 0.1) is 6.92 Å². The molecule has 0 heterocycles. The molecule has 0 aliphatic rings. The first-order valence-corrected chi connectivity index (χ1v) is 5.63. The van der Waals surface area contributed by atoms with Crippen molar-refractivity contribution in [1.29, 1.82) is 0 Å². The summed E-state index contributed by atoms with van der Waals surface area (Å²) in [6.45, 7) is 3.93. The van der Waals surface area contributed by atoms with Crippen molar-refractivity contribution >= 4 is 5.97 Å². The molecule has 0 spiro atoms. The molecule has 2 nitrogen and oxygen atoms in total. The molecule has 0 aliphatic carbocycles. The lowest BCUT2D eigenvalue weighted by molar-refractivity contribution is 0.0695. The molecule has 0 radical (unpaired) electrons. The highest BCUT2D eigenvalue weighted by molar-refractivity contribution is 5.91. The maximum absolute atomic E-state index is 11.1. The van der Waals surface area contributed by atoms with Crippen molar-refractivity contribution in [3.05, 3.63) is 47.0 Å². The quantitative estimate of drug-likeness (QED) is 0.767. The Morgan fingerprint density at radius 2 is 2.12 bits per heavy atom. The Kier molecular flexibility index (Phi) is 4.77. The van der Waals surface area contributed by atoms with E-state index in [1.54, 1.807) is 0 Å². The summed E-state index contributed by atoms with van der Waals surface area (Å²) >= 11 is 0. The molecule has 0 saturated carbocycles. The van der Waals surface area contributed by atoms with Gasteiger partial charge in [-0.05, 0) is 37.3 Å². The van der Waals surface area contributed by atoms with E-state index in [1.165, 1.54) is 0 Å². The third kappa shape index (κ3) is 3.23. The van der Waals surface area contributed by atoms with Crippen LogP contribution in [0.15, 0.2) is 30.4 Å². The average molecular weight is 218 g/mol. The molecule has 1 rings (SSSR count). The van der Waals surface area contributed by atoms with Crippen molar-refractivity contribution in [2.24, 2.45) is 0 Å². The van der Waals surface area contributed by atoms with E-state index in [9.17, 15) is 4.79 Å². The zero-order chi connectivity index (χ0) is 12.0. The van der Waals surface area contributed by atoms with Gasteiger partial charge in [-0.15, -0.1) is 0 Å². The van der Waals surface area contributed by atoms with Gasteiger partial charge < -0.3 is 5.11 Å². The summed E-state index contributed by atoms with van der Waals surface area (Å²) in [7, 11) is 0. The van der Waals surface area contributed by atoms with Crippen LogP contribution in [0.4, 0.5) is 0 Å². The average Bonchev–Trinajstić information content (AvgIpc) is 2.24. The molecule has 0 aliphatic heterocycles. The Balaban J connectivity index is 2.83. The van der Waals surface area contributed by atoms with E-state index in [-0.39, 0.29) is 0 Å². The van der Waals surface area contributed by atoms with E-state index in [0.29, 0.717) is 5.56 Å². The van der Waals surface area contributed by atoms with E-state index >= 15 is 0 Å². The molecule has 0 fully saturated rings. The van der Waals surface area contributed by atoms with Crippen molar-refractivity contribution in [3.63, 3.8) is 0 Å². The molecule has 1 N–H and O–H groups in total. The Bertz CT molecular complexity index is 392. The van der Waals surface area contributed by atoms with E-state index in [1.807, 2.05) is 25.1 Å². The molecule has 16 heavy (non-hydrogen) atoms. The van der Waals surface area contributed by atoms with E-state index in [4.69, 9.17) is 5.11 Å². The van der Waals surface area contributed by atoms with Gasteiger partial charge in [-0.1, -0.05) is 37.3 Å². The number of aromatic carboxylic acids is 1.